The molecule has 4 N–H and O–H groups in total. The van der Waals surface area contributed by atoms with Crippen LogP contribution in [0.5, 0.6) is 0 Å². The molecule has 0 aromatic heterocycles. The lowest BCUT2D eigenvalue weighted by atomic mass is 9.98. The molecule has 1 heterocycles. The van der Waals surface area contributed by atoms with E-state index in [1.807, 2.05) is 13.8 Å². The van der Waals surface area contributed by atoms with Gasteiger partial charge in [0, 0.05) is 24.7 Å². The Morgan fingerprint density at radius 3 is 2.29 bits per heavy atom. The highest BCUT2D eigenvalue weighted by molar-refractivity contribution is 7.89. The topological polar surface area (TPSA) is 106 Å². The van der Waals surface area contributed by atoms with E-state index >= 15 is 0 Å². The monoisotopic (exact) mass is 311 g/mol. The Kier molecular flexibility index (Phi) is 4.25. The van der Waals surface area contributed by atoms with E-state index in [2.05, 4.69) is 0 Å². The van der Waals surface area contributed by atoms with Crippen molar-refractivity contribution in [3.63, 3.8) is 0 Å². The largest absolute Gasteiger partial charge is 0.398 e. The number of primary amides is 1. The van der Waals surface area contributed by atoms with Gasteiger partial charge >= 0.3 is 0 Å². The SMILES string of the molecule is Cc1cc(S(=O)(=O)N2CCC(C(N)=O)CC2)cc(N)c1C. The molecular weight excluding hydrogens is 290 g/mol. The number of nitrogen functional groups attached to an aromatic ring is 1. The average molecular weight is 311 g/mol. The third kappa shape index (κ3) is 3.03. The van der Waals surface area contributed by atoms with Crippen molar-refractivity contribution >= 4 is 21.6 Å². The second kappa shape index (κ2) is 5.65. The number of anilines is 1. The van der Waals surface area contributed by atoms with Crippen LogP contribution in [-0.4, -0.2) is 31.7 Å². The fourth-order valence-electron chi connectivity index (χ4n) is 2.53. The van der Waals surface area contributed by atoms with Crippen molar-refractivity contribution in [3.05, 3.63) is 23.3 Å². The standard InChI is InChI=1S/C14H21N3O3S/c1-9-7-12(8-13(15)10(9)2)21(19,20)17-5-3-11(4-6-17)14(16)18/h7-8,11H,3-6,15H2,1-2H3,(H2,16,18). The van der Waals surface area contributed by atoms with Crippen molar-refractivity contribution in [1.29, 1.82) is 0 Å². The molecule has 1 saturated heterocycles. The molecule has 1 amide bonds. The summed E-state index contributed by atoms with van der Waals surface area (Å²) in [7, 11) is -3.57. The van der Waals surface area contributed by atoms with Crippen LogP contribution in [0.25, 0.3) is 0 Å². The van der Waals surface area contributed by atoms with Gasteiger partial charge in [-0.15, -0.1) is 0 Å². The maximum atomic E-state index is 12.6. The summed E-state index contributed by atoms with van der Waals surface area (Å²) >= 11 is 0. The first kappa shape index (κ1) is 15.8. The van der Waals surface area contributed by atoms with Gasteiger partial charge in [0.15, 0.2) is 0 Å². The Morgan fingerprint density at radius 2 is 1.81 bits per heavy atom. The van der Waals surface area contributed by atoms with Crippen LogP contribution >= 0.6 is 0 Å². The molecule has 6 nitrogen and oxygen atoms in total. The fraction of sp³-hybridized carbons (Fsp3) is 0.500. The third-order valence-electron chi connectivity index (χ3n) is 4.18. The molecule has 1 fully saturated rings. The first-order valence-electron chi connectivity index (χ1n) is 6.89. The predicted molar refractivity (Wildman–Crippen MR) is 81.0 cm³/mol. The number of nitrogens with zero attached hydrogens (tertiary/aromatic N) is 1. The van der Waals surface area contributed by atoms with Crippen molar-refractivity contribution < 1.29 is 13.2 Å². The minimum absolute atomic E-state index is 0.209. The van der Waals surface area contributed by atoms with E-state index < -0.39 is 10.0 Å². The summed E-state index contributed by atoms with van der Waals surface area (Å²) in [5.41, 5.74) is 13.3. The van der Waals surface area contributed by atoms with Crippen LogP contribution in [0, 0.1) is 19.8 Å². The Bertz CT molecular complexity index is 639. The molecular formula is C14H21N3O3S. The number of piperidine rings is 1. The number of sulfonamides is 1. The van der Waals surface area contributed by atoms with Crippen LogP contribution in [-0.2, 0) is 14.8 Å². The zero-order chi connectivity index (χ0) is 15.8. The summed E-state index contributed by atoms with van der Waals surface area (Å²) in [4.78, 5) is 11.4. The van der Waals surface area contributed by atoms with Gasteiger partial charge in [0.25, 0.3) is 0 Å². The smallest absolute Gasteiger partial charge is 0.243 e. The Morgan fingerprint density at radius 1 is 1.24 bits per heavy atom. The third-order valence-corrected chi connectivity index (χ3v) is 6.05. The molecule has 1 aliphatic rings. The summed E-state index contributed by atoms with van der Waals surface area (Å²) in [6, 6.07) is 3.14. The molecule has 0 saturated carbocycles. The van der Waals surface area contributed by atoms with Crippen molar-refractivity contribution in [2.75, 3.05) is 18.8 Å². The number of carbonyl (C=O) groups is 1. The van der Waals surface area contributed by atoms with Crippen molar-refractivity contribution in [2.45, 2.75) is 31.6 Å². The highest BCUT2D eigenvalue weighted by Gasteiger charge is 2.31. The van der Waals surface area contributed by atoms with E-state index in [4.69, 9.17) is 11.5 Å². The molecule has 7 heteroatoms. The second-order valence-electron chi connectivity index (χ2n) is 5.54. The minimum Gasteiger partial charge on any atom is -0.398 e. The van der Waals surface area contributed by atoms with Crippen LogP contribution in [0.3, 0.4) is 0 Å². The molecule has 21 heavy (non-hydrogen) atoms. The van der Waals surface area contributed by atoms with Crippen LogP contribution in [0.15, 0.2) is 17.0 Å². The van der Waals surface area contributed by atoms with Crippen LogP contribution in [0.2, 0.25) is 0 Å². The highest BCUT2D eigenvalue weighted by Crippen LogP contribution is 2.27. The molecule has 1 aromatic carbocycles. The molecule has 2 rings (SSSR count). The molecule has 0 radical (unpaired) electrons. The second-order valence-corrected chi connectivity index (χ2v) is 7.47. The van der Waals surface area contributed by atoms with Gasteiger partial charge < -0.3 is 11.5 Å². The summed E-state index contributed by atoms with van der Waals surface area (Å²) in [5, 5.41) is 0. The van der Waals surface area contributed by atoms with Crippen molar-refractivity contribution in [3.8, 4) is 0 Å². The van der Waals surface area contributed by atoms with Gasteiger partial charge in [0.05, 0.1) is 4.90 Å². The summed E-state index contributed by atoms with van der Waals surface area (Å²) in [6.07, 6.45) is 0.934. The Hall–Kier alpha value is -1.60. The maximum absolute atomic E-state index is 12.6. The Labute approximate surface area is 125 Å². The molecule has 0 unspecified atom stereocenters. The van der Waals surface area contributed by atoms with E-state index in [0.29, 0.717) is 31.6 Å². The number of hydrogen-bond donors (Lipinski definition) is 2. The molecule has 1 aliphatic heterocycles. The van der Waals surface area contributed by atoms with E-state index in [1.54, 1.807) is 6.07 Å². The average Bonchev–Trinajstić information content (AvgIpc) is 2.44. The minimum atomic E-state index is -3.57. The number of nitrogens with two attached hydrogens (primary N) is 2. The first-order valence-corrected chi connectivity index (χ1v) is 8.33. The van der Waals surface area contributed by atoms with Gasteiger partial charge in [0.1, 0.15) is 0 Å². The number of amides is 1. The maximum Gasteiger partial charge on any atom is 0.243 e. The van der Waals surface area contributed by atoms with Gasteiger partial charge in [-0.1, -0.05) is 0 Å². The van der Waals surface area contributed by atoms with Crippen molar-refractivity contribution in [1.82, 2.24) is 4.31 Å². The lowest BCUT2D eigenvalue weighted by Gasteiger charge is -2.30. The Balaban J connectivity index is 2.26. The van der Waals surface area contributed by atoms with Gasteiger partial charge in [-0.05, 0) is 49.9 Å². The van der Waals surface area contributed by atoms with Crippen LogP contribution in [0.1, 0.15) is 24.0 Å². The number of rotatable bonds is 3. The number of hydrogen-bond acceptors (Lipinski definition) is 4. The van der Waals surface area contributed by atoms with E-state index in [-0.39, 0.29) is 16.7 Å². The quantitative estimate of drug-likeness (QED) is 0.804. The number of benzene rings is 1. The molecule has 1 aromatic rings. The van der Waals surface area contributed by atoms with Gasteiger partial charge in [-0.3, -0.25) is 4.79 Å². The van der Waals surface area contributed by atoms with E-state index in [1.165, 1.54) is 10.4 Å². The number of aryl methyl sites for hydroxylation is 1. The molecule has 116 valence electrons. The fourth-order valence-corrected chi connectivity index (χ4v) is 4.12. The van der Waals surface area contributed by atoms with Gasteiger partial charge in [0.2, 0.25) is 15.9 Å². The normalized spacial score (nSPS) is 17.8. The van der Waals surface area contributed by atoms with E-state index in [9.17, 15) is 13.2 Å². The summed E-state index contributed by atoms with van der Waals surface area (Å²) in [5.74, 6) is -0.594. The summed E-state index contributed by atoms with van der Waals surface area (Å²) in [6.45, 7) is 4.31. The van der Waals surface area contributed by atoms with Crippen LogP contribution < -0.4 is 11.5 Å². The lowest BCUT2D eigenvalue weighted by molar-refractivity contribution is -0.122. The zero-order valence-electron chi connectivity index (χ0n) is 12.3. The van der Waals surface area contributed by atoms with Gasteiger partial charge in [-0.25, -0.2) is 8.42 Å². The lowest BCUT2D eigenvalue weighted by Crippen LogP contribution is -2.41. The highest BCUT2D eigenvalue weighted by atomic mass is 32.2. The summed E-state index contributed by atoms with van der Waals surface area (Å²) < 4.78 is 26.7. The van der Waals surface area contributed by atoms with Crippen LogP contribution in [0.4, 0.5) is 5.69 Å². The number of carbonyl (C=O) groups excluding carboxylic acids is 1. The molecule has 0 bridgehead atoms. The van der Waals surface area contributed by atoms with E-state index in [0.717, 1.165) is 11.1 Å². The first-order chi connectivity index (χ1) is 9.73. The predicted octanol–water partition coefficient (Wildman–Crippen LogP) is 0.772. The van der Waals surface area contributed by atoms with Crippen molar-refractivity contribution in [2.24, 2.45) is 11.7 Å². The van der Waals surface area contributed by atoms with Gasteiger partial charge in [-0.2, -0.15) is 4.31 Å². The zero-order valence-corrected chi connectivity index (χ0v) is 13.1. The molecule has 0 aliphatic carbocycles. The molecule has 0 atom stereocenters. The molecule has 0 spiro atoms.